The second-order valence-corrected chi connectivity index (χ2v) is 6.07. The topological polar surface area (TPSA) is 64.4 Å². The van der Waals surface area contributed by atoms with Gasteiger partial charge < -0.3 is 9.47 Å². The van der Waals surface area contributed by atoms with E-state index in [1.165, 1.54) is 0 Å². The van der Waals surface area contributed by atoms with Crippen molar-refractivity contribution in [2.75, 3.05) is 7.11 Å². The molecule has 1 aromatic carbocycles. The van der Waals surface area contributed by atoms with Gasteiger partial charge >= 0.3 is 0 Å². The first-order chi connectivity index (χ1) is 11.5. The van der Waals surface area contributed by atoms with Crippen LogP contribution >= 0.6 is 12.2 Å². The Morgan fingerprint density at radius 3 is 2.83 bits per heavy atom. The van der Waals surface area contributed by atoms with E-state index >= 15 is 0 Å². The predicted octanol–water partition coefficient (Wildman–Crippen LogP) is 3.96. The number of methoxy groups -OCH3 is 1. The number of hydrogen-bond donors (Lipinski definition) is 1. The summed E-state index contributed by atoms with van der Waals surface area (Å²) in [6.07, 6.45) is 4.81. The van der Waals surface area contributed by atoms with E-state index in [0.29, 0.717) is 16.3 Å². The monoisotopic (exact) mass is 348 g/mol. The van der Waals surface area contributed by atoms with E-state index in [2.05, 4.69) is 22.2 Å². The van der Waals surface area contributed by atoms with Gasteiger partial charge in [-0.15, -0.1) is 0 Å². The Labute approximate surface area is 147 Å². The van der Waals surface area contributed by atoms with Gasteiger partial charge in [-0.25, -0.2) is 0 Å². The summed E-state index contributed by atoms with van der Waals surface area (Å²) in [6.45, 7) is 6.10. The van der Waals surface area contributed by atoms with Crippen LogP contribution in [0.4, 0.5) is 0 Å². The van der Waals surface area contributed by atoms with Crippen molar-refractivity contribution >= 4 is 18.4 Å². The number of unbranched alkanes of at least 4 members (excludes halogenated alkanes) is 1. The Hall–Kier alpha value is -2.15. The van der Waals surface area contributed by atoms with Crippen LogP contribution < -0.4 is 9.47 Å². The highest BCUT2D eigenvalue weighted by atomic mass is 32.1. The molecule has 2 aromatic rings. The number of hydrogen-bond acceptors (Lipinski definition) is 5. The fraction of sp³-hybridized carbons (Fsp3) is 0.471. The third-order valence-corrected chi connectivity index (χ3v) is 3.61. The van der Waals surface area contributed by atoms with E-state index in [0.717, 1.165) is 30.7 Å². The molecule has 0 aliphatic rings. The second-order valence-electron chi connectivity index (χ2n) is 5.68. The van der Waals surface area contributed by atoms with Gasteiger partial charge in [0.05, 0.1) is 19.4 Å². The van der Waals surface area contributed by atoms with Gasteiger partial charge in [-0.1, -0.05) is 13.3 Å². The lowest BCUT2D eigenvalue weighted by molar-refractivity contribution is 0.230. The van der Waals surface area contributed by atoms with Crippen molar-refractivity contribution in [2.45, 2.75) is 46.1 Å². The van der Waals surface area contributed by atoms with Gasteiger partial charge in [-0.3, -0.25) is 5.10 Å². The van der Waals surface area contributed by atoms with Crippen molar-refractivity contribution in [1.29, 1.82) is 0 Å². The molecule has 0 fully saturated rings. The summed E-state index contributed by atoms with van der Waals surface area (Å²) in [5, 5.41) is 11.5. The number of nitrogens with zero attached hydrogens (tertiary/aromatic N) is 3. The average Bonchev–Trinajstić information content (AvgIpc) is 2.91. The van der Waals surface area contributed by atoms with Crippen LogP contribution in [0.2, 0.25) is 0 Å². The lowest BCUT2D eigenvalue weighted by Crippen LogP contribution is -2.07. The molecular formula is C17H24N4O2S. The highest BCUT2D eigenvalue weighted by molar-refractivity contribution is 7.71. The smallest absolute Gasteiger partial charge is 0.216 e. The van der Waals surface area contributed by atoms with Gasteiger partial charge in [0.1, 0.15) is 0 Å². The molecule has 0 spiro atoms. The molecule has 0 atom stereocenters. The van der Waals surface area contributed by atoms with Gasteiger partial charge in [-0.05, 0) is 56.2 Å². The van der Waals surface area contributed by atoms with Crippen LogP contribution in [0.25, 0.3) is 0 Å². The van der Waals surface area contributed by atoms with E-state index < -0.39 is 0 Å². The van der Waals surface area contributed by atoms with Gasteiger partial charge in [0, 0.05) is 6.42 Å². The fourth-order valence-electron chi connectivity index (χ4n) is 2.18. The number of ether oxygens (including phenoxy) is 2. The summed E-state index contributed by atoms with van der Waals surface area (Å²) >= 11 is 5.24. The minimum atomic E-state index is 0.0869. The largest absolute Gasteiger partial charge is 0.493 e. The SMILES string of the molecule is CCCCc1n[nH]c(=S)n1/N=C\c1ccc(OC(C)C)c(OC)c1. The molecule has 6 nitrogen and oxygen atoms in total. The fourth-order valence-corrected chi connectivity index (χ4v) is 2.38. The first-order valence-corrected chi connectivity index (χ1v) is 8.51. The zero-order chi connectivity index (χ0) is 17.5. The van der Waals surface area contributed by atoms with Crippen molar-refractivity contribution in [3.05, 3.63) is 34.4 Å². The van der Waals surface area contributed by atoms with E-state index in [1.54, 1.807) is 18.0 Å². The molecular weight excluding hydrogens is 324 g/mol. The Morgan fingerprint density at radius 1 is 1.38 bits per heavy atom. The third kappa shape index (κ3) is 4.67. The predicted molar refractivity (Wildman–Crippen MR) is 97.8 cm³/mol. The normalized spacial score (nSPS) is 11.4. The number of benzene rings is 1. The zero-order valence-electron chi connectivity index (χ0n) is 14.6. The molecule has 1 aromatic heterocycles. The summed E-state index contributed by atoms with van der Waals surface area (Å²) in [4.78, 5) is 0. The quantitative estimate of drug-likeness (QED) is 0.579. The van der Waals surface area contributed by atoms with Crippen LogP contribution in [0.1, 0.15) is 45.0 Å². The van der Waals surface area contributed by atoms with Crippen molar-refractivity contribution < 1.29 is 9.47 Å². The Balaban J connectivity index is 2.23. The van der Waals surface area contributed by atoms with Crippen molar-refractivity contribution in [1.82, 2.24) is 14.9 Å². The Bertz CT molecular complexity index is 749. The third-order valence-electron chi connectivity index (χ3n) is 3.34. The Morgan fingerprint density at radius 2 is 2.17 bits per heavy atom. The van der Waals surface area contributed by atoms with Gasteiger partial charge in [0.25, 0.3) is 0 Å². The number of aromatic nitrogens is 3. The van der Waals surface area contributed by atoms with E-state index in [4.69, 9.17) is 21.7 Å². The number of rotatable bonds is 8. The highest BCUT2D eigenvalue weighted by Crippen LogP contribution is 2.28. The maximum absolute atomic E-state index is 5.72. The lowest BCUT2D eigenvalue weighted by atomic mass is 10.2. The molecule has 7 heteroatoms. The van der Waals surface area contributed by atoms with Crippen LogP contribution in [0.5, 0.6) is 11.5 Å². The van der Waals surface area contributed by atoms with Crippen LogP contribution in [0, 0.1) is 4.77 Å². The highest BCUT2D eigenvalue weighted by Gasteiger charge is 2.07. The van der Waals surface area contributed by atoms with E-state index in [1.807, 2.05) is 32.0 Å². The van der Waals surface area contributed by atoms with Gasteiger partial charge in [0.15, 0.2) is 17.3 Å². The van der Waals surface area contributed by atoms with Crippen LogP contribution in [-0.2, 0) is 6.42 Å². The van der Waals surface area contributed by atoms with Crippen LogP contribution in [-0.4, -0.2) is 34.3 Å². The average molecular weight is 348 g/mol. The number of nitrogens with one attached hydrogen (secondary N) is 1. The standard InChI is InChI=1S/C17H24N4O2S/c1-5-6-7-16-19-20-17(24)21(16)18-11-13-8-9-14(23-12(2)3)15(10-13)22-4/h8-12H,5-7H2,1-4H3,(H,20,24)/b18-11-. The van der Waals surface area contributed by atoms with Crippen molar-refractivity contribution in [3.63, 3.8) is 0 Å². The molecule has 0 aliphatic carbocycles. The molecule has 1 N–H and O–H groups in total. The Kier molecular flexibility index (Phi) is 6.54. The molecule has 0 saturated heterocycles. The number of aryl methyl sites for hydroxylation is 1. The molecule has 0 amide bonds. The second kappa shape index (κ2) is 8.63. The van der Waals surface area contributed by atoms with E-state index in [-0.39, 0.29) is 6.10 Å². The molecule has 24 heavy (non-hydrogen) atoms. The van der Waals surface area contributed by atoms with Gasteiger partial charge in [0.2, 0.25) is 4.77 Å². The minimum Gasteiger partial charge on any atom is -0.493 e. The molecule has 0 radical (unpaired) electrons. The molecule has 130 valence electrons. The molecule has 0 bridgehead atoms. The summed E-state index contributed by atoms with van der Waals surface area (Å²) in [5.41, 5.74) is 0.896. The molecule has 2 rings (SSSR count). The summed E-state index contributed by atoms with van der Waals surface area (Å²) < 4.78 is 13.3. The molecule has 1 heterocycles. The summed E-state index contributed by atoms with van der Waals surface area (Å²) in [6, 6.07) is 5.70. The summed E-state index contributed by atoms with van der Waals surface area (Å²) in [7, 11) is 1.62. The first-order valence-electron chi connectivity index (χ1n) is 8.10. The van der Waals surface area contributed by atoms with Crippen molar-refractivity contribution in [2.24, 2.45) is 5.10 Å². The summed E-state index contributed by atoms with van der Waals surface area (Å²) in [5.74, 6) is 2.23. The molecule has 0 unspecified atom stereocenters. The maximum atomic E-state index is 5.72. The van der Waals surface area contributed by atoms with Crippen molar-refractivity contribution in [3.8, 4) is 11.5 Å². The first kappa shape index (κ1) is 18.2. The molecule has 0 saturated carbocycles. The van der Waals surface area contributed by atoms with Gasteiger partial charge in [-0.2, -0.15) is 14.9 Å². The maximum Gasteiger partial charge on any atom is 0.216 e. The lowest BCUT2D eigenvalue weighted by Gasteiger charge is -2.13. The number of aromatic amines is 1. The van der Waals surface area contributed by atoms with E-state index in [9.17, 15) is 0 Å². The minimum absolute atomic E-state index is 0.0869. The zero-order valence-corrected chi connectivity index (χ0v) is 15.4. The van der Waals surface area contributed by atoms with Crippen LogP contribution in [0.3, 0.4) is 0 Å². The molecule has 0 aliphatic heterocycles. The number of H-pyrrole nitrogens is 1. The van der Waals surface area contributed by atoms with Crippen LogP contribution in [0.15, 0.2) is 23.3 Å².